The van der Waals surface area contributed by atoms with Crippen LogP contribution in [-0.2, 0) is 0 Å². The predicted octanol–water partition coefficient (Wildman–Crippen LogP) is 4.23. The van der Waals surface area contributed by atoms with Crippen molar-refractivity contribution in [1.82, 2.24) is 0 Å². The third-order valence-electron chi connectivity index (χ3n) is 2.65. The molecule has 16 heavy (non-hydrogen) atoms. The molecule has 0 aliphatic heterocycles. The molecule has 2 N–H and O–H groups in total. The van der Waals surface area contributed by atoms with Gasteiger partial charge in [-0.05, 0) is 35.3 Å². The maximum Gasteiger partial charge on any atom is 0.0344 e. The molecular weight excluding hydrogens is 214 g/mol. The third-order valence-corrected chi connectivity index (χ3v) is 3.86. The van der Waals surface area contributed by atoms with Gasteiger partial charge in [-0.2, -0.15) is 0 Å². The zero-order chi connectivity index (χ0) is 12.2. The fraction of sp³-hybridized carbons (Fsp3) is 0.571. The van der Waals surface area contributed by atoms with Crippen LogP contribution < -0.4 is 5.73 Å². The van der Waals surface area contributed by atoms with Crippen molar-refractivity contribution in [3.63, 3.8) is 0 Å². The lowest BCUT2D eigenvalue weighted by Crippen LogP contribution is -2.26. The van der Waals surface area contributed by atoms with Gasteiger partial charge in [-0.15, -0.1) is 11.8 Å². The van der Waals surface area contributed by atoms with E-state index >= 15 is 0 Å². The fourth-order valence-electron chi connectivity index (χ4n) is 1.49. The van der Waals surface area contributed by atoms with E-state index in [9.17, 15) is 0 Å². The standard InChI is InChI=1S/C14H23NS/c1-5-10-16-12-8-6-11(7-9-12)13(15)14(2,3)4/h6-9,13H,5,10,15H2,1-4H3. The Morgan fingerprint density at radius 1 is 1.19 bits per heavy atom. The molecule has 1 nitrogen and oxygen atoms in total. The minimum absolute atomic E-state index is 0.109. The van der Waals surface area contributed by atoms with E-state index in [1.807, 2.05) is 11.8 Å². The van der Waals surface area contributed by atoms with Crippen molar-refractivity contribution < 1.29 is 0 Å². The first-order valence-electron chi connectivity index (χ1n) is 5.93. The summed E-state index contributed by atoms with van der Waals surface area (Å²) in [5, 5.41) is 0. The van der Waals surface area contributed by atoms with Crippen LogP contribution in [0.4, 0.5) is 0 Å². The summed E-state index contributed by atoms with van der Waals surface area (Å²) in [6.07, 6.45) is 1.22. The fourth-order valence-corrected chi connectivity index (χ4v) is 2.26. The van der Waals surface area contributed by atoms with Gasteiger partial charge in [-0.3, -0.25) is 0 Å². The van der Waals surface area contributed by atoms with Crippen molar-refractivity contribution in [1.29, 1.82) is 0 Å². The van der Waals surface area contributed by atoms with Crippen LogP contribution in [0.15, 0.2) is 29.2 Å². The van der Waals surface area contributed by atoms with E-state index in [0.29, 0.717) is 0 Å². The molecule has 0 amide bonds. The Hall–Kier alpha value is -0.470. The highest BCUT2D eigenvalue weighted by Gasteiger charge is 2.21. The molecule has 1 aromatic rings. The summed E-state index contributed by atoms with van der Waals surface area (Å²) in [5.74, 6) is 1.19. The highest BCUT2D eigenvalue weighted by atomic mass is 32.2. The van der Waals surface area contributed by atoms with Crippen LogP contribution in [0.5, 0.6) is 0 Å². The van der Waals surface area contributed by atoms with Gasteiger partial charge in [0.25, 0.3) is 0 Å². The van der Waals surface area contributed by atoms with E-state index in [1.165, 1.54) is 22.6 Å². The molecule has 0 aromatic heterocycles. The minimum Gasteiger partial charge on any atom is -0.324 e. The molecule has 2 heteroatoms. The Labute approximate surface area is 104 Å². The topological polar surface area (TPSA) is 26.0 Å². The van der Waals surface area contributed by atoms with Crippen molar-refractivity contribution >= 4 is 11.8 Å². The van der Waals surface area contributed by atoms with E-state index in [-0.39, 0.29) is 11.5 Å². The molecule has 1 aromatic carbocycles. The molecule has 0 saturated carbocycles. The second-order valence-corrected chi connectivity index (χ2v) is 6.43. The highest BCUT2D eigenvalue weighted by Crippen LogP contribution is 2.31. The van der Waals surface area contributed by atoms with Gasteiger partial charge in [0.2, 0.25) is 0 Å². The van der Waals surface area contributed by atoms with Crippen LogP contribution in [0.1, 0.15) is 45.7 Å². The summed E-state index contributed by atoms with van der Waals surface area (Å²) < 4.78 is 0. The molecule has 1 atom stereocenters. The minimum atomic E-state index is 0.109. The zero-order valence-electron chi connectivity index (χ0n) is 10.8. The van der Waals surface area contributed by atoms with Gasteiger partial charge in [0.15, 0.2) is 0 Å². The molecule has 0 radical (unpaired) electrons. The van der Waals surface area contributed by atoms with Crippen molar-refractivity contribution in [2.24, 2.45) is 11.1 Å². The first-order valence-corrected chi connectivity index (χ1v) is 6.92. The van der Waals surface area contributed by atoms with Crippen LogP contribution in [-0.4, -0.2) is 5.75 Å². The number of nitrogens with two attached hydrogens (primary N) is 1. The summed E-state index contributed by atoms with van der Waals surface area (Å²) in [6, 6.07) is 8.79. The van der Waals surface area contributed by atoms with Crippen molar-refractivity contribution in [2.45, 2.75) is 45.1 Å². The number of hydrogen-bond acceptors (Lipinski definition) is 2. The molecule has 0 spiro atoms. The lowest BCUT2D eigenvalue weighted by molar-refractivity contribution is 0.327. The first kappa shape index (κ1) is 13.6. The summed E-state index contributed by atoms with van der Waals surface area (Å²) in [4.78, 5) is 1.34. The monoisotopic (exact) mass is 237 g/mol. The van der Waals surface area contributed by atoms with E-state index in [4.69, 9.17) is 5.73 Å². The highest BCUT2D eigenvalue weighted by molar-refractivity contribution is 7.99. The summed E-state index contributed by atoms with van der Waals surface area (Å²) in [6.45, 7) is 8.74. The summed E-state index contributed by atoms with van der Waals surface area (Å²) in [7, 11) is 0. The van der Waals surface area contributed by atoms with Gasteiger partial charge < -0.3 is 5.73 Å². The predicted molar refractivity (Wildman–Crippen MR) is 73.8 cm³/mol. The van der Waals surface area contributed by atoms with Gasteiger partial charge in [0.05, 0.1) is 0 Å². The van der Waals surface area contributed by atoms with Gasteiger partial charge in [-0.1, -0.05) is 39.8 Å². The second-order valence-electron chi connectivity index (χ2n) is 5.26. The zero-order valence-corrected chi connectivity index (χ0v) is 11.6. The van der Waals surface area contributed by atoms with Gasteiger partial charge >= 0.3 is 0 Å². The number of hydrogen-bond donors (Lipinski definition) is 1. The Morgan fingerprint density at radius 2 is 1.75 bits per heavy atom. The quantitative estimate of drug-likeness (QED) is 0.793. The normalized spacial score (nSPS) is 13.8. The Balaban J connectivity index is 2.71. The largest absolute Gasteiger partial charge is 0.324 e. The smallest absolute Gasteiger partial charge is 0.0344 e. The van der Waals surface area contributed by atoms with Crippen LogP contribution in [0.2, 0.25) is 0 Å². The van der Waals surface area contributed by atoms with Gasteiger partial charge in [0.1, 0.15) is 0 Å². The van der Waals surface area contributed by atoms with Crippen LogP contribution >= 0.6 is 11.8 Å². The van der Waals surface area contributed by atoms with Gasteiger partial charge in [0, 0.05) is 10.9 Å². The number of thioether (sulfide) groups is 1. The molecule has 1 rings (SSSR count). The lowest BCUT2D eigenvalue weighted by Gasteiger charge is -2.27. The maximum absolute atomic E-state index is 6.22. The average Bonchev–Trinajstić information content (AvgIpc) is 2.25. The third kappa shape index (κ3) is 3.84. The summed E-state index contributed by atoms with van der Waals surface area (Å²) in [5.41, 5.74) is 7.57. The van der Waals surface area contributed by atoms with Crippen LogP contribution in [0.25, 0.3) is 0 Å². The first-order chi connectivity index (χ1) is 7.45. The van der Waals surface area contributed by atoms with Crippen molar-refractivity contribution in [3.8, 4) is 0 Å². The molecule has 1 unspecified atom stereocenters. The molecule has 0 bridgehead atoms. The van der Waals surface area contributed by atoms with E-state index < -0.39 is 0 Å². The van der Waals surface area contributed by atoms with Crippen LogP contribution in [0, 0.1) is 5.41 Å². The molecule has 0 aliphatic rings. The maximum atomic E-state index is 6.22. The molecule has 0 aliphatic carbocycles. The van der Waals surface area contributed by atoms with Crippen molar-refractivity contribution in [2.75, 3.05) is 5.75 Å². The Bertz CT molecular complexity index is 311. The SMILES string of the molecule is CCCSc1ccc(C(N)C(C)(C)C)cc1. The lowest BCUT2D eigenvalue weighted by atomic mass is 9.83. The molecule has 0 fully saturated rings. The van der Waals surface area contributed by atoms with E-state index in [1.54, 1.807) is 0 Å². The molecule has 0 heterocycles. The van der Waals surface area contributed by atoms with Crippen LogP contribution in [0.3, 0.4) is 0 Å². The molecular formula is C14H23NS. The second kappa shape index (κ2) is 5.74. The number of rotatable bonds is 4. The Kier molecular flexibility index (Phi) is 4.88. The van der Waals surface area contributed by atoms with E-state index in [2.05, 4.69) is 52.0 Å². The Morgan fingerprint density at radius 3 is 2.19 bits per heavy atom. The van der Waals surface area contributed by atoms with E-state index in [0.717, 1.165) is 0 Å². The van der Waals surface area contributed by atoms with Gasteiger partial charge in [-0.25, -0.2) is 0 Å². The average molecular weight is 237 g/mol. The summed E-state index contributed by atoms with van der Waals surface area (Å²) >= 11 is 1.91. The molecule has 90 valence electrons. The number of benzene rings is 1. The van der Waals surface area contributed by atoms with Crippen molar-refractivity contribution in [3.05, 3.63) is 29.8 Å². The molecule has 0 saturated heterocycles.